The highest BCUT2D eigenvalue weighted by molar-refractivity contribution is 5.82. The van der Waals surface area contributed by atoms with Crippen LogP contribution in [0.1, 0.15) is 53.4 Å². The van der Waals surface area contributed by atoms with Crippen LogP contribution in [-0.2, 0) is 4.79 Å². The predicted molar refractivity (Wildman–Crippen MR) is 121 cm³/mol. The third-order valence-corrected chi connectivity index (χ3v) is 5.65. The topological polar surface area (TPSA) is 41.6 Å². The van der Waals surface area contributed by atoms with Gasteiger partial charge in [-0.05, 0) is 57.2 Å². The Labute approximate surface area is 177 Å². The number of benzene rings is 1. The van der Waals surface area contributed by atoms with E-state index in [1.54, 1.807) is 0 Å². The second-order valence-electron chi connectivity index (χ2n) is 8.54. The highest BCUT2D eigenvalue weighted by atomic mass is 16.5. The van der Waals surface area contributed by atoms with E-state index in [4.69, 9.17) is 4.74 Å². The number of nitrogens with one attached hydrogen (secondary N) is 1. The summed E-state index contributed by atoms with van der Waals surface area (Å²) in [6, 6.07) is 10.1. The molecule has 0 unspecified atom stereocenters. The van der Waals surface area contributed by atoms with Crippen LogP contribution in [0.4, 0.5) is 0 Å². The molecular weight excluding hydrogens is 360 g/mol. The van der Waals surface area contributed by atoms with Gasteiger partial charge < -0.3 is 10.1 Å². The first-order valence-electron chi connectivity index (χ1n) is 10.9. The summed E-state index contributed by atoms with van der Waals surface area (Å²) in [4.78, 5) is 15.3. The number of carbonyl (C=O) groups excluding carboxylic acids is 1. The van der Waals surface area contributed by atoms with Crippen molar-refractivity contribution in [2.24, 2.45) is 5.41 Å². The molecule has 160 valence electrons. The van der Waals surface area contributed by atoms with Gasteiger partial charge in [-0.25, -0.2) is 0 Å². The number of hydrogen-bond acceptors (Lipinski definition) is 3. The maximum atomic E-state index is 12.8. The number of para-hydroxylation sites is 1. The van der Waals surface area contributed by atoms with E-state index in [1.807, 2.05) is 44.2 Å². The van der Waals surface area contributed by atoms with E-state index < -0.39 is 0 Å². The number of amides is 1. The first-order chi connectivity index (χ1) is 13.9. The standard InChI is InChI=1S/C25H38N2O2/c1-5-11-21(6-2)20-27-17-14-22(15-18-27)26-24(28)25(3,4)16-10-19-29-23-12-8-7-9-13-23/h5-9,11-13,22H,10,14-20H2,1-4H3,(H,26,28)/b11-5-,21-6+. The molecule has 0 saturated carbocycles. The molecule has 29 heavy (non-hydrogen) atoms. The summed E-state index contributed by atoms with van der Waals surface area (Å²) in [6.07, 6.45) is 10.2. The van der Waals surface area contributed by atoms with Crippen molar-refractivity contribution in [3.8, 4) is 5.75 Å². The normalized spacial score (nSPS) is 16.9. The lowest BCUT2D eigenvalue weighted by atomic mass is 9.86. The lowest BCUT2D eigenvalue weighted by Gasteiger charge is -2.34. The Morgan fingerprint density at radius 2 is 1.90 bits per heavy atom. The highest BCUT2D eigenvalue weighted by Gasteiger charge is 2.30. The molecule has 0 bridgehead atoms. The molecule has 0 radical (unpaired) electrons. The molecule has 1 fully saturated rings. The van der Waals surface area contributed by atoms with E-state index in [-0.39, 0.29) is 17.4 Å². The Hall–Kier alpha value is -2.07. The Morgan fingerprint density at radius 3 is 2.52 bits per heavy atom. The molecule has 1 heterocycles. The minimum atomic E-state index is -0.374. The zero-order chi connectivity index (χ0) is 21.1. The van der Waals surface area contributed by atoms with Crippen LogP contribution in [0, 0.1) is 5.41 Å². The van der Waals surface area contributed by atoms with Crippen LogP contribution in [0.3, 0.4) is 0 Å². The molecule has 4 heteroatoms. The quantitative estimate of drug-likeness (QED) is 0.447. The fraction of sp³-hybridized carbons (Fsp3) is 0.560. The van der Waals surface area contributed by atoms with Crippen LogP contribution in [-0.4, -0.2) is 43.1 Å². The van der Waals surface area contributed by atoms with Crippen LogP contribution in [0.2, 0.25) is 0 Å². The maximum absolute atomic E-state index is 12.8. The van der Waals surface area contributed by atoms with Gasteiger partial charge in [0.15, 0.2) is 0 Å². The fourth-order valence-corrected chi connectivity index (χ4v) is 3.66. The van der Waals surface area contributed by atoms with E-state index in [0.717, 1.165) is 51.1 Å². The van der Waals surface area contributed by atoms with Gasteiger partial charge in [0.2, 0.25) is 5.91 Å². The number of hydrogen-bond donors (Lipinski definition) is 1. The summed E-state index contributed by atoms with van der Waals surface area (Å²) in [5.41, 5.74) is 0.982. The molecule has 0 aliphatic carbocycles. The number of ether oxygens (including phenoxy) is 1. The van der Waals surface area contributed by atoms with Crippen LogP contribution in [0.15, 0.2) is 54.1 Å². The monoisotopic (exact) mass is 398 g/mol. The molecule has 1 amide bonds. The molecule has 1 saturated heterocycles. The summed E-state index contributed by atoms with van der Waals surface area (Å²) >= 11 is 0. The van der Waals surface area contributed by atoms with Crippen molar-refractivity contribution in [2.45, 2.75) is 59.4 Å². The third-order valence-electron chi connectivity index (χ3n) is 5.65. The molecule has 0 atom stereocenters. The van der Waals surface area contributed by atoms with Gasteiger partial charge in [0.1, 0.15) is 5.75 Å². The van der Waals surface area contributed by atoms with Crippen LogP contribution in [0.25, 0.3) is 0 Å². The van der Waals surface area contributed by atoms with Gasteiger partial charge in [-0.1, -0.05) is 50.3 Å². The molecule has 1 aliphatic heterocycles. The lowest BCUT2D eigenvalue weighted by molar-refractivity contribution is -0.130. The lowest BCUT2D eigenvalue weighted by Crippen LogP contribution is -2.48. The highest BCUT2D eigenvalue weighted by Crippen LogP contribution is 2.24. The van der Waals surface area contributed by atoms with Crippen molar-refractivity contribution in [2.75, 3.05) is 26.2 Å². The van der Waals surface area contributed by atoms with Crippen LogP contribution in [0.5, 0.6) is 5.75 Å². The van der Waals surface area contributed by atoms with E-state index in [2.05, 4.69) is 42.3 Å². The van der Waals surface area contributed by atoms with Crippen molar-refractivity contribution in [3.05, 3.63) is 54.1 Å². The minimum Gasteiger partial charge on any atom is -0.494 e. The Bertz CT molecular complexity index is 671. The zero-order valence-electron chi connectivity index (χ0n) is 18.6. The summed E-state index contributed by atoms with van der Waals surface area (Å²) in [7, 11) is 0. The maximum Gasteiger partial charge on any atom is 0.225 e. The number of rotatable bonds is 10. The van der Waals surface area contributed by atoms with Gasteiger partial charge in [-0.2, -0.15) is 0 Å². The molecule has 0 spiro atoms. The Kier molecular flexibility index (Phi) is 9.46. The zero-order valence-corrected chi connectivity index (χ0v) is 18.6. The minimum absolute atomic E-state index is 0.165. The van der Waals surface area contributed by atoms with Crippen LogP contribution < -0.4 is 10.1 Å². The molecule has 2 rings (SSSR count). The van der Waals surface area contributed by atoms with E-state index in [1.165, 1.54) is 5.57 Å². The van der Waals surface area contributed by atoms with Crippen molar-refractivity contribution >= 4 is 5.91 Å². The second-order valence-corrected chi connectivity index (χ2v) is 8.54. The van der Waals surface area contributed by atoms with Gasteiger partial charge in [-0.3, -0.25) is 9.69 Å². The van der Waals surface area contributed by atoms with E-state index in [0.29, 0.717) is 6.61 Å². The Balaban J connectivity index is 1.69. The largest absolute Gasteiger partial charge is 0.494 e. The van der Waals surface area contributed by atoms with E-state index >= 15 is 0 Å². The van der Waals surface area contributed by atoms with Crippen molar-refractivity contribution < 1.29 is 9.53 Å². The van der Waals surface area contributed by atoms with Crippen molar-refractivity contribution in [3.63, 3.8) is 0 Å². The molecule has 1 N–H and O–H groups in total. The van der Waals surface area contributed by atoms with Crippen LogP contribution >= 0.6 is 0 Å². The number of likely N-dealkylation sites (tertiary alicyclic amines) is 1. The van der Waals surface area contributed by atoms with E-state index in [9.17, 15) is 4.79 Å². The fourth-order valence-electron chi connectivity index (χ4n) is 3.66. The van der Waals surface area contributed by atoms with Gasteiger partial charge in [0, 0.05) is 31.1 Å². The smallest absolute Gasteiger partial charge is 0.225 e. The van der Waals surface area contributed by atoms with Gasteiger partial charge in [-0.15, -0.1) is 0 Å². The number of piperidine rings is 1. The predicted octanol–water partition coefficient (Wildman–Crippen LogP) is 4.97. The summed E-state index contributed by atoms with van der Waals surface area (Å²) in [6.45, 7) is 11.9. The number of allylic oxidation sites excluding steroid dienone is 2. The molecule has 1 aromatic rings. The molecular formula is C25H38N2O2. The molecule has 1 aliphatic rings. The Morgan fingerprint density at radius 1 is 1.21 bits per heavy atom. The molecule has 0 aromatic heterocycles. The molecule has 4 nitrogen and oxygen atoms in total. The van der Waals surface area contributed by atoms with Gasteiger partial charge in [0.25, 0.3) is 0 Å². The number of carbonyl (C=O) groups is 1. The average Bonchev–Trinajstić information content (AvgIpc) is 2.73. The van der Waals surface area contributed by atoms with Gasteiger partial charge >= 0.3 is 0 Å². The van der Waals surface area contributed by atoms with Crippen molar-refractivity contribution in [1.82, 2.24) is 10.2 Å². The first-order valence-corrected chi connectivity index (χ1v) is 10.9. The van der Waals surface area contributed by atoms with Crippen molar-refractivity contribution in [1.29, 1.82) is 0 Å². The molecule has 1 aromatic carbocycles. The van der Waals surface area contributed by atoms with Gasteiger partial charge in [0.05, 0.1) is 6.61 Å². The average molecular weight is 399 g/mol. The first kappa shape index (κ1) is 23.2. The third kappa shape index (κ3) is 8.06. The number of nitrogens with zero attached hydrogens (tertiary/aromatic N) is 1. The summed E-state index contributed by atoms with van der Waals surface area (Å²) < 4.78 is 5.75. The summed E-state index contributed by atoms with van der Waals surface area (Å²) in [5.74, 6) is 1.05. The SMILES string of the molecule is C/C=C\C(=C/C)CN1CCC(NC(=O)C(C)(C)CCCOc2ccccc2)CC1. The second kappa shape index (κ2) is 11.8. The summed E-state index contributed by atoms with van der Waals surface area (Å²) in [5, 5.41) is 3.30.